The average molecular weight is 395 g/mol. The van der Waals surface area contributed by atoms with Crippen molar-refractivity contribution < 1.29 is 17.9 Å². The van der Waals surface area contributed by atoms with Gasteiger partial charge in [-0.2, -0.15) is 0 Å². The number of benzene rings is 1. The second kappa shape index (κ2) is 6.65. The lowest BCUT2D eigenvalue weighted by atomic mass is 10.2. The number of nitrogens with zero attached hydrogens (tertiary/aromatic N) is 1. The van der Waals surface area contributed by atoms with E-state index in [1.807, 2.05) is 6.92 Å². The van der Waals surface area contributed by atoms with Gasteiger partial charge in [-0.1, -0.05) is 52.5 Å². The Morgan fingerprint density at radius 3 is 2.13 bits per heavy atom. The number of carbonyl (C=O) groups is 1. The molecule has 0 aliphatic carbocycles. The maximum atomic E-state index is 12.7. The van der Waals surface area contributed by atoms with Gasteiger partial charge < -0.3 is 4.74 Å². The van der Waals surface area contributed by atoms with Crippen LogP contribution in [-0.2, 0) is 14.6 Å². The summed E-state index contributed by atoms with van der Waals surface area (Å²) in [6, 6.07) is 6.06. The predicted molar refractivity (Wildman–Crippen MR) is 87.2 cm³/mol. The lowest BCUT2D eigenvalue weighted by molar-refractivity contribution is 0.0593. The van der Waals surface area contributed by atoms with Crippen molar-refractivity contribution in [3.8, 4) is 0 Å². The molecule has 0 radical (unpaired) electrons. The molecule has 2 aromatic rings. The third kappa shape index (κ3) is 3.30. The molecule has 9 heteroatoms. The van der Waals surface area contributed by atoms with Crippen molar-refractivity contribution in [2.75, 3.05) is 7.11 Å². The predicted octanol–water partition coefficient (Wildman–Crippen LogP) is 3.97. The van der Waals surface area contributed by atoms with E-state index in [1.54, 1.807) is 12.1 Å². The summed E-state index contributed by atoms with van der Waals surface area (Å²) in [5, 5.41) is -1.47. The Bertz CT molecular complexity index is 880. The van der Waals surface area contributed by atoms with Crippen molar-refractivity contribution in [1.82, 2.24) is 4.98 Å². The van der Waals surface area contributed by atoms with E-state index in [9.17, 15) is 13.2 Å². The second-order valence-electron chi connectivity index (χ2n) is 4.52. The maximum Gasteiger partial charge on any atom is 0.358 e. The zero-order chi connectivity index (χ0) is 17.4. The zero-order valence-electron chi connectivity index (χ0n) is 11.9. The van der Waals surface area contributed by atoms with E-state index in [-0.39, 0.29) is 20.0 Å². The molecule has 0 aliphatic heterocycles. The third-order valence-electron chi connectivity index (χ3n) is 2.96. The summed E-state index contributed by atoms with van der Waals surface area (Å²) < 4.78 is 29.9. The molecule has 0 atom stereocenters. The van der Waals surface area contributed by atoms with E-state index >= 15 is 0 Å². The minimum Gasteiger partial charge on any atom is -0.464 e. The highest BCUT2D eigenvalue weighted by atomic mass is 35.5. The molecule has 23 heavy (non-hydrogen) atoms. The molecule has 0 saturated heterocycles. The van der Waals surface area contributed by atoms with Gasteiger partial charge in [-0.25, -0.2) is 18.2 Å². The van der Waals surface area contributed by atoms with Gasteiger partial charge in [0.15, 0.2) is 10.7 Å². The van der Waals surface area contributed by atoms with Crippen molar-refractivity contribution in [3.05, 3.63) is 50.6 Å². The molecular formula is C14H10Cl3NO4S. The minimum absolute atomic E-state index is 0.0355. The van der Waals surface area contributed by atoms with E-state index < -0.39 is 26.5 Å². The van der Waals surface area contributed by atoms with Gasteiger partial charge in [0.1, 0.15) is 0 Å². The van der Waals surface area contributed by atoms with Gasteiger partial charge in [0, 0.05) is 0 Å². The third-order valence-corrected chi connectivity index (χ3v) is 6.08. The average Bonchev–Trinajstić information content (AvgIpc) is 2.52. The second-order valence-corrected chi connectivity index (χ2v) is 7.51. The monoisotopic (exact) mass is 393 g/mol. The Labute approximate surface area is 148 Å². The number of methoxy groups -OCH3 is 1. The standard InChI is InChI=1S/C14H10Cl3NO4S/c1-7-3-5-8(6-4-7)23(20,21)13-11(17)9(15)10(16)12(18-13)14(19)22-2/h3-6H,1-2H3. The number of aromatic nitrogens is 1. The number of hydrogen-bond donors (Lipinski definition) is 0. The molecule has 0 N–H and O–H groups in total. The number of halogens is 3. The smallest absolute Gasteiger partial charge is 0.358 e. The van der Waals surface area contributed by atoms with Crippen LogP contribution in [0.1, 0.15) is 16.1 Å². The van der Waals surface area contributed by atoms with Crippen LogP contribution in [0.5, 0.6) is 0 Å². The van der Waals surface area contributed by atoms with Crippen molar-refractivity contribution in [2.45, 2.75) is 16.8 Å². The molecule has 1 aromatic heterocycles. The summed E-state index contributed by atoms with van der Waals surface area (Å²) in [6.45, 7) is 1.82. The molecule has 0 spiro atoms. The van der Waals surface area contributed by atoms with Crippen LogP contribution >= 0.6 is 34.8 Å². The molecule has 0 saturated carbocycles. The van der Waals surface area contributed by atoms with Gasteiger partial charge in [-0.05, 0) is 19.1 Å². The summed E-state index contributed by atoms with van der Waals surface area (Å²) in [7, 11) is -2.98. The van der Waals surface area contributed by atoms with E-state index in [0.717, 1.165) is 12.7 Å². The highest BCUT2D eigenvalue weighted by molar-refractivity contribution is 7.91. The number of carbonyl (C=O) groups excluding carboxylic acids is 1. The number of ether oxygens (including phenoxy) is 1. The molecule has 1 aromatic carbocycles. The first-order chi connectivity index (χ1) is 10.7. The number of hydrogen-bond acceptors (Lipinski definition) is 5. The van der Waals surface area contributed by atoms with Gasteiger partial charge in [-0.15, -0.1) is 0 Å². The van der Waals surface area contributed by atoms with Gasteiger partial charge in [0.2, 0.25) is 9.84 Å². The van der Waals surface area contributed by atoms with Crippen LogP contribution < -0.4 is 0 Å². The van der Waals surface area contributed by atoms with Gasteiger partial charge in [0.25, 0.3) is 0 Å². The molecule has 0 amide bonds. The van der Waals surface area contributed by atoms with E-state index in [1.165, 1.54) is 12.1 Å². The number of aryl methyl sites for hydroxylation is 1. The van der Waals surface area contributed by atoms with Crippen molar-refractivity contribution in [1.29, 1.82) is 0 Å². The molecule has 2 rings (SSSR count). The summed E-state index contributed by atoms with van der Waals surface area (Å²) in [6.07, 6.45) is 0. The van der Waals surface area contributed by atoms with Gasteiger partial charge in [-0.3, -0.25) is 0 Å². The normalized spacial score (nSPS) is 11.3. The molecule has 0 unspecified atom stereocenters. The Balaban J connectivity index is 2.74. The Hall–Kier alpha value is -1.34. The molecule has 1 heterocycles. The van der Waals surface area contributed by atoms with Crippen LogP contribution in [0, 0.1) is 6.92 Å². The van der Waals surface area contributed by atoms with Crippen LogP contribution in [-0.4, -0.2) is 26.5 Å². The van der Waals surface area contributed by atoms with Crippen LogP contribution in [0.15, 0.2) is 34.2 Å². The fourth-order valence-electron chi connectivity index (χ4n) is 1.73. The fourth-order valence-corrected chi connectivity index (χ4v) is 3.94. The largest absolute Gasteiger partial charge is 0.464 e. The van der Waals surface area contributed by atoms with Crippen LogP contribution in [0.4, 0.5) is 0 Å². The summed E-state index contributed by atoms with van der Waals surface area (Å²) in [4.78, 5) is 15.4. The van der Waals surface area contributed by atoms with E-state index in [2.05, 4.69) is 9.72 Å². The van der Waals surface area contributed by atoms with Crippen LogP contribution in [0.3, 0.4) is 0 Å². The van der Waals surface area contributed by atoms with Crippen molar-refractivity contribution in [2.24, 2.45) is 0 Å². The molecule has 0 aliphatic rings. The first-order valence-corrected chi connectivity index (χ1v) is 8.76. The molecular weight excluding hydrogens is 385 g/mol. The highest BCUT2D eigenvalue weighted by Gasteiger charge is 2.29. The van der Waals surface area contributed by atoms with E-state index in [4.69, 9.17) is 34.8 Å². The lowest BCUT2D eigenvalue weighted by Crippen LogP contribution is -2.12. The summed E-state index contributed by atoms with van der Waals surface area (Å²) in [5.74, 6) is -0.922. The Morgan fingerprint density at radius 1 is 1.04 bits per heavy atom. The zero-order valence-corrected chi connectivity index (χ0v) is 15.0. The number of esters is 1. The SMILES string of the molecule is COC(=O)c1nc(S(=O)(=O)c2ccc(C)cc2)c(Cl)c(Cl)c1Cl. The van der Waals surface area contributed by atoms with Gasteiger partial charge in [0.05, 0.1) is 27.1 Å². The minimum atomic E-state index is -4.08. The number of rotatable bonds is 3. The van der Waals surface area contributed by atoms with Crippen molar-refractivity contribution in [3.63, 3.8) is 0 Å². The highest BCUT2D eigenvalue weighted by Crippen LogP contribution is 2.37. The topological polar surface area (TPSA) is 73.3 Å². The molecule has 5 nitrogen and oxygen atoms in total. The van der Waals surface area contributed by atoms with E-state index in [0.29, 0.717) is 0 Å². The van der Waals surface area contributed by atoms with Gasteiger partial charge >= 0.3 is 5.97 Å². The maximum absolute atomic E-state index is 12.7. The lowest BCUT2D eigenvalue weighted by Gasteiger charge is -2.11. The summed E-state index contributed by atoms with van der Waals surface area (Å²) in [5.41, 5.74) is 0.460. The Kier molecular flexibility index (Phi) is 5.20. The first-order valence-electron chi connectivity index (χ1n) is 6.14. The molecule has 122 valence electrons. The number of pyridine rings is 1. The van der Waals surface area contributed by atoms with Crippen molar-refractivity contribution >= 4 is 50.6 Å². The fraction of sp³-hybridized carbons (Fsp3) is 0.143. The molecule has 0 fully saturated rings. The quantitative estimate of drug-likeness (QED) is 0.736. The Morgan fingerprint density at radius 2 is 1.61 bits per heavy atom. The summed E-state index contributed by atoms with van der Waals surface area (Å²) >= 11 is 17.8. The van der Waals surface area contributed by atoms with Crippen LogP contribution in [0.25, 0.3) is 0 Å². The number of sulfone groups is 1. The molecule has 0 bridgehead atoms. The first kappa shape index (κ1) is 18.0. The van der Waals surface area contributed by atoms with Crippen LogP contribution in [0.2, 0.25) is 15.1 Å².